The molecule has 4 nitrogen and oxygen atoms in total. The molecule has 4 heteroatoms. The summed E-state index contributed by atoms with van der Waals surface area (Å²) in [6.07, 6.45) is 5.70. The maximum atomic E-state index is 10.9. The Morgan fingerprint density at radius 3 is 2.79 bits per heavy atom. The summed E-state index contributed by atoms with van der Waals surface area (Å²) in [5, 5.41) is 8.11. The molecule has 1 saturated carbocycles. The highest BCUT2D eigenvalue weighted by Crippen LogP contribution is 2.33. The molecule has 0 unspecified atom stereocenters. The van der Waals surface area contributed by atoms with Crippen LogP contribution in [0.1, 0.15) is 54.7 Å². The van der Waals surface area contributed by atoms with Gasteiger partial charge in [0.1, 0.15) is 5.69 Å². The smallest absolute Gasteiger partial charge is 0.170 e. The molecule has 0 amide bonds. The van der Waals surface area contributed by atoms with Gasteiger partial charge in [-0.05, 0) is 19.8 Å². The van der Waals surface area contributed by atoms with Crippen molar-refractivity contribution in [2.75, 3.05) is 0 Å². The number of hydrogen-bond acceptors (Lipinski definition) is 3. The Labute approximate surface area is 83.3 Å². The topological polar surface area (TPSA) is 47.8 Å². The van der Waals surface area contributed by atoms with E-state index in [0.29, 0.717) is 18.2 Å². The average molecular weight is 193 g/mol. The van der Waals surface area contributed by atoms with Crippen molar-refractivity contribution in [3.63, 3.8) is 0 Å². The van der Waals surface area contributed by atoms with E-state index in [9.17, 15) is 4.79 Å². The third kappa shape index (κ3) is 1.45. The van der Waals surface area contributed by atoms with Crippen LogP contribution in [0.4, 0.5) is 0 Å². The van der Waals surface area contributed by atoms with Crippen LogP contribution < -0.4 is 0 Å². The lowest BCUT2D eigenvalue weighted by Gasteiger charge is -2.05. The monoisotopic (exact) mass is 193 g/mol. The number of aryl methyl sites for hydroxylation is 1. The lowest BCUT2D eigenvalue weighted by atomic mass is 10.0. The van der Waals surface area contributed by atoms with E-state index in [1.807, 2.05) is 6.92 Å². The van der Waals surface area contributed by atoms with Crippen molar-refractivity contribution >= 4 is 6.29 Å². The van der Waals surface area contributed by atoms with Crippen molar-refractivity contribution < 1.29 is 4.79 Å². The Morgan fingerprint density at radius 2 is 2.21 bits per heavy atom. The third-order valence-electron chi connectivity index (χ3n) is 2.95. The third-order valence-corrected chi connectivity index (χ3v) is 2.95. The Morgan fingerprint density at radius 1 is 1.50 bits per heavy atom. The summed E-state index contributed by atoms with van der Waals surface area (Å²) in [6, 6.07) is 0. The second kappa shape index (κ2) is 3.90. The summed E-state index contributed by atoms with van der Waals surface area (Å²) in [5.41, 5.74) is 1.60. The SMILES string of the molecule is CCn1nnc(C2CCCC2)c1C=O. The lowest BCUT2D eigenvalue weighted by Crippen LogP contribution is -2.04. The predicted molar refractivity (Wildman–Crippen MR) is 52.3 cm³/mol. The molecule has 0 radical (unpaired) electrons. The van der Waals surface area contributed by atoms with Crippen LogP contribution in [0.2, 0.25) is 0 Å². The first-order valence-electron chi connectivity index (χ1n) is 5.25. The molecule has 0 aromatic carbocycles. The van der Waals surface area contributed by atoms with Crippen molar-refractivity contribution in [3.05, 3.63) is 11.4 Å². The van der Waals surface area contributed by atoms with Gasteiger partial charge in [0, 0.05) is 12.5 Å². The summed E-state index contributed by atoms with van der Waals surface area (Å²) in [4.78, 5) is 10.9. The van der Waals surface area contributed by atoms with Gasteiger partial charge in [0.2, 0.25) is 0 Å². The molecule has 0 spiro atoms. The maximum absolute atomic E-state index is 10.9. The first-order valence-corrected chi connectivity index (χ1v) is 5.25. The minimum Gasteiger partial charge on any atom is -0.296 e. The molecule has 0 aliphatic heterocycles. The predicted octanol–water partition coefficient (Wildman–Crippen LogP) is 1.77. The molecule has 1 aliphatic rings. The van der Waals surface area contributed by atoms with Crippen molar-refractivity contribution in [2.45, 2.75) is 45.1 Å². The van der Waals surface area contributed by atoms with Crippen LogP contribution in [0, 0.1) is 0 Å². The fraction of sp³-hybridized carbons (Fsp3) is 0.700. The van der Waals surface area contributed by atoms with Gasteiger partial charge in [-0.2, -0.15) is 0 Å². The number of aldehydes is 1. The number of hydrogen-bond donors (Lipinski definition) is 0. The molecule has 2 rings (SSSR count). The van der Waals surface area contributed by atoms with Gasteiger partial charge >= 0.3 is 0 Å². The highest BCUT2D eigenvalue weighted by molar-refractivity contribution is 5.74. The van der Waals surface area contributed by atoms with Gasteiger partial charge in [-0.1, -0.05) is 18.1 Å². The maximum Gasteiger partial charge on any atom is 0.170 e. The zero-order valence-corrected chi connectivity index (χ0v) is 8.44. The van der Waals surface area contributed by atoms with Crippen LogP contribution in [0.25, 0.3) is 0 Å². The molecule has 0 N–H and O–H groups in total. The minimum atomic E-state index is 0.468. The first-order chi connectivity index (χ1) is 6.86. The van der Waals surface area contributed by atoms with Gasteiger partial charge in [-0.15, -0.1) is 5.10 Å². The summed E-state index contributed by atoms with van der Waals surface area (Å²) >= 11 is 0. The summed E-state index contributed by atoms with van der Waals surface area (Å²) in [5.74, 6) is 0.468. The van der Waals surface area contributed by atoms with Crippen LogP contribution >= 0.6 is 0 Å². The molecule has 0 saturated heterocycles. The van der Waals surface area contributed by atoms with Gasteiger partial charge in [-0.3, -0.25) is 4.79 Å². The van der Waals surface area contributed by atoms with Gasteiger partial charge in [0.25, 0.3) is 0 Å². The Hall–Kier alpha value is -1.19. The quantitative estimate of drug-likeness (QED) is 0.687. The van der Waals surface area contributed by atoms with E-state index in [0.717, 1.165) is 24.8 Å². The Balaban J connectivity index is 2.31. The fourth-order valence-electron chi connectivity index (χ4n) is 2.18. The molecule has 14 heavy (non-hydrogen) atoms. The fourth-order valence-corrected chi connectivity index (χ4v) is 2.18. The van der Waals surface area contributed by atoms with Crippen LogP contribution in [0.5, 0.6) is 0 Å². The first kappa shape index (κ1) is 9.37. The molecule has 1 aromatic heterocycles. The second-order valence-electron chi connectivity index (χ2n) is 3.77. The largest absolute Gasteiger partial charge is 0.296 e. The van der Waals surface area contributed by atoms with E-state index in [-0.39, 0.29) is 0 Å². The van der Waals surface area contributed by atoms with E-state index in [1.54, 1.807) is 4.68 Å². The highest BCUT2D eigenvalue weighted by Gasteiger charge is 2.24. The molecule has 1 aromatic rings. The number of rotatable bonds is 3. The Kier molecular flexibility index (Phi) is 2.61. The summed E-state index contributed by atoms with van der Waals surface area (Å²) < 4.78 is 1.68. The molecule has 1 aliphatic carbocycles. The average Bonchev–Trinajstić information content (AvgIpc) is 2.85. The zero-order chi connectivity index (χ0) is 9.97. The van der Waals surface area contributed by atoms with E-state index in [1.165, 1.54) is 12.8 Å². The van der Waals surface area contributed by atoms with E-state index in [2.05, 4.69) is 10.3 Å². The van der Waals surface area contributed by atoms with Gasteiger partial charge in [0.15, 0.2) is 6.29 Å². The molecular weight excluding hydrogens is 178 g/mol. The normalized spacial score (nSPS) is 17.5. The van der Waals surface area contributed by atoms with Gasteiger partial charge in [-0.25, -0.2) is 4.68 Å². The summed E-state index contributed by atoms with van der Waals surface area (Å²) in [6.45, 7) is 2.69. The highest BCUT2D eigenvalue weighted by atomic mass is 16.1. The molecule has 1 fully saturated rings. The summed E-state index contributed by atoms with van der Waals surface area (Å²) in [7, 11) is 0. The van der Waals surface area contributed by atoms with Gasteiger partial charge < -0.3 is 0 Å². The van der Waals surface area contributed by atoms with E-state index < -0.39 is 0 Å². The molecule has 0 atom stereocenters. The van der Waals surface area contributed by atoms with E-state index in [4.69, 9.17) is 0 Å². The van der Waals surface area contributed by atoms with Crippen molar-refractivity contribution in [3.8, 4) is 0 Å². The lowest BCUT2D eigenvalue weighted by molar-refractivity contribution is 0.111. The molecular formula is C10H15N3O. The molecule has 1 heterocycles. The van der Waals surface area contributed by atoms with Crippen molar-refractivity contribution in [1.29, 1.82) is 0 Å². The van der Waals surface area contributed by atoms with Crippen molar-refractivity contribution in [1.82, 2.24) is 15.0 Å². The van der Waals surface area contributed by atoms with E-state index >= 15 is 0 Å². The second-order valence-corrected chi connectivity index (χ2v) is 3.77. The zero-order valence-electron chi connectivity index (χ0n) is 8.44. The van der Waals surface area contributed by atoms with Crippen LogP contribution in [-0.4, -0.2) is 21.3 Å². The van der Waals surface area contributed by atoms with Crippen LogP contribution in [-0.2, 0) is 6.54 Å². The number of aromatic nitrogens is 3. The van der Waals surface area contributed by atoms with Crippen molar-refractivity contribution in [2.24, 2.45) is 0 Å². The van der Waals surface area contributed by atoms with Gasteiger partial charge in [0.05, 0.1) is 5.69 Å². The van der Waals surface area contributed by atoms with Crippen LogP contribution in [0.3, 0.4) is 0 Å². The standard InChI is InChI=1S/C10H15N3O/c1-2-13-9(7-14)10(11-12-13)8-5-3-4-6-8/h7-8H,2-6H2,1H3. The number of nitrogens with zero attached hydrogens (tertiary/aromatic N) is 3. The van der Waals surface area contributed by atoms with Crippen LogP contribution in [0.15, 0.2) is 0 Å². The molecule has 0 bridgehead atoms. The molecule has 76 valence electrons. The number of carbonyl (C=O) groups is 1. The minimum absolute atomic E-state index is 0.468. The Bertz CT molecular complexity index is 326. The number of carbonyl (C=O) groups excluding carboxylic acids is 1.